The van der Waals surface area contributed by atoms with Crippen molar-refractivity contribution in [2.75, 3.05) is 25.1 Å². The number of hydrogen-bond acceptors (Lipinski definition) is 8. The SMILES string of the molecule is COc1ccc(C2CCC(CN(C(=O)C3CCC([C@H]4[C@@H](O)CN4C(=O)O)CC3)c3cc(-c4coc(C5CC5)n4)ccn3)CC2)nc1C. The number of β-amino-alcohol motifs (C(OH)–C–C–N with tert-alkyl or cyclic N) is 1. The molecule has 11 heteroatoms. The second-order valence-corrected chi connectivity index (χ2v) is 14.0. The minimum Gasteiger partial charge on any atom is -0.495 e. The van der Waals surface area contributed by atoms with Gasteiger partial charge in [-0.25, -0.2) is 14.8 Å². The molecule has 2 atom stereocenters. The number of carbonyl (C=O) groups is 2. The summed E-state index contributed by atoms with van der Waals surface area (Å²) in [6, 6.07) is 7.59. The van der Waals surface area contributed by atoms with Crippen molar-refractivity contribution in [2.24, 2.45) is 17.8 Å². The van der Waals surface area contributed by atoms with Crippen LogP contribution in [0.5, 0.6) is 5.75 Å². The van der Waals surface area contributed by atoms with Crippen molar-refractivity contribution >= 4 is 17.8 Å². The maximum Gasteiger partial charge on any atom is 0.407 e. The molecule has 0 bridgehead atoms. The zero-order valence-corrected chi connectivity index (χ0v) is 27.3. The van der Waals surface area contributed by atoms with Crippen molar-refractivity contribution in [3.63, 3.8) is 0 Å². The van der Waals surface area contributed by atoms with Gasteiger partial charge in [-0.15, -0.1) is 0 Å². The summed E-state index contributed by atoms with van der Waals surface area (Å²) in [5, 5.41) is 19.9. The zero-order valence-electron chi connectivity index (χ0n) is 27.3. The van der Waals surface area contributed by atoms with Gasteiger partial charge < -0.3 is 19.4 Å². The molecule has 250 valence electrons. The third-order valence-corrected chi connectivity index (χ3v) is 11.0. The van der Waals surface area contributed by atoms with Crippen LogP contribution in [-0.4, -0.2) is 74.4 Å². The van der Waals surface area contributed by atoms with Crippen LogP contribution in [0.15, 0.2) is 41.1 Å². The van der Waals surface area contributed by atoms with E-state index < -0.39 is 12.2 Å². The van der Waals surface area contributed by atoms with Crippen molar-refractivity contribution < 1.29 is 29.0 Å². The standard InChI is InChI=1S/C36H45N5O6/c1-21-31(46-2)14-13-28(38-21)23-5-3-22(4-6-23)18-40(32-17-27(15-16-37-32)29-20-47-34(39-29)25-9-10-25)35(43)26-11-7-24(8-12-26)33-30(42)19-41(33)36(44)45/h13-17,20,22-26,30,33,42H,3-12,18-19H2,1-2H3,(H,44,45)/t22?,23?,24?,26?,30-,33-/m0/s1. The fourth-order valence-electron chi connectivity index (χ4n) is 8.07. The van der Waals surface area contributed by atoms with Crippen LogP contribution in [0.2, 0.25) is 0 Å². The third-order valence-electron chi connectivity index (χ3n) is 11.0. The molecule has 4 heterocycles. The van der Waals surface area contributed by atoms with Crippen LogP contribution in [0.3, 0.4) is 0 Å². The Kier molecular flexibility index (Phi) is 8.91. The number of pyridine rings is 2. The number of aliphatic hydroxyl groups excluding tert-OH is 1. The molecule has 0 unspecified atom stereocenters. The third kappa shape index (κ3) is 6.59. The number of carbonyl (C=O) groups excluding carboxylic acids is 1. The van der Waals surface area contributed by atoms with Gasteiger partial charge in [0.2, 0.25) is 5.91 Å². The largest absolute Gasteiger partial charge is 0.495 e. The average Bonchev–Trinajstić information content (AvgIpc) is 3.82. The Labute approximate surface area is 275 Å². The summed E-state index contributed by atoms with van der Waals surface area (Å²) >= 11 is 0. The van der Waals surface area contributed by atoms with Crippen molar-refractivity contribution in [1.82, 2.24) is 19.9 Å². The molecule has 3 saturated carbocycles. The van der Waals surface area contributed by atoms with E-state index in [0.717, 1.165) is 72.8 Å². The van der Waals surface area contributed by atoms with Crippen molar-refractivity contribution in [3.05, 3.63) is 54.0 Å². The van der Waals surface area contributed by atoms with E-state index in [9.17, 15) is 19.8 Å². The minimum atomic E-state index is -0.986. The molecule has 1 aliphatic heterocycles. The fourth-order valence-corrected chi connectivity index (χ4v) is 8.07. The number of aromatic nitrogens is 3. The van der Waals surface area contributed by atoms with Crippen LogP contribution in [-0.2, 0) is 4.79 Å². The van der Waals surface area contributed by atoms with Crippen molar-refractivity contribution in [3.8, 4) is 17.0 Å². The number of aliphatic hydroxyl groups is 1. The van der Waals surface area contributed by atoms with Crippen LogP contribution >= 0.6 is 0 Å². The molecule has 3 aromatic rings. The molecular weight excluding hydrogens is 598 g/mol. The highest BCUT2D eigenvalue weighted by molar-refractivity contribution is 5.94. The van der Waals surface area contributed by atoms with E-state index in [0.29, 0.717) is 55.8 Å². The summed E-state index contributed by atoms with van der Waals surface area (Å²) in [5.41, 5.74) is 3.65. The van der Waals surface area contributed by atoms with E-state index in [2.05, 4.69) is 6.07 Å². The van der Waals surface area contributed by atoms with Crippen LogP contribution in [0, 0.1) is 24.7 Å². The van der Waals surface area contributed by atoms with E-state index in [1.54, 1.807) is 19.6 Å². The van der Waals surface area contributed by atoms with E-state index >= 15 is 0 Å². The Bertz CT molecular complexity index is 1590. The first-order chi connectivity index (χ1) is 22.8. The second kappa shape index (κ2) is 13.3. The quantitative estimate of drug-likeness (QED) is 0.280. The second-order valence-electron chi connectivity index (χ2n) is 14.0. The van der Waals surface area contributed by atoms with E-state index in [1.807, 2.05) is 30.0 Å². The first-order valence-electron chi connectivity index (χ1n) is 17.2. The normalized spacial score (nSPS) is 27.6. The van der Waals surface area contributed by atoms with Crippen LogP contribution < -0.4 is 9.64 Å². The fraction of sp³-hybridized carbons (Fsp3) is 0.583. The molecule has 0 aromatic carbocycles. The summed E-state index contributed by atoms with van der Waals surface area (Å²) < 4.78 is 11.2. The smallest absolute Gasteiger partial charge is 0.407 e. The number of carboxylic acid groups (broad SMARTS) is 1. The lowest BCUT2D eigenvalue weighted by Gasteiger charge is -2.49. The maximum atomic E-state index is 14.4. The predicted molar refractivity (Wildman–Crippen MR) is 174 cm³/mol. The molecule has 4 fully saturated rings. The highest BCUT2D eigenvalue weighted by atomic mass is 16.5. The Balaban J connectivity index is 1.07. The van der Waals surface area contributed by atoms with Crippen LogP contribution in [0.4, 0.5) is 10.6 Å². The van der Waals surface area contributed by atoms with Gasteiger partial charge in [0.05, 0.1) is 31.5 Å². The van der Waals surface area contributed by atoms with Gasteiger partial charge in [-0.3, -0.25) is 19.6 Å². The lowest BCUT2D eigenvalue weighted by molar-refractivity contribution is -0.125. The first-order valence-corrected chi connectivity index (χ1v) is 17.2. The topological polar surface area (TPSA) is 142 Å². The molecule has 3 aromatic heterocycles. The number of nitrogens with zero attached hydrogens (tertiary/aromatic N) is 5. The summed E-state index contributed by atoms with van der Waals surface area (Å²) in [4.78, 5) is 43.5. The number of methoxy groups -OCH3 is 1. The molecule has 0 spiro atoms. The highest BCUT2D eigenvalue weighted by Gasteiger charge is 2.47. The molecule has 11 nitrogen and oxygen atoms in total. The molecule has 47 heavy (non-hydrogen) atoms. The van der Waals surface area contributed by atoms with Gasteiger partial charge in [-0.1, -0.05) is 0 Å². The number of rotatable bonds is 9. The predicted octanol–water partition coefficient (Wildman–Crippen LogP) is 6.16. The lowest BCUT2D eigenvalue weighted by Crippen LogP contribution is -2.65. The summed E-state index contributed by atoms with van der Waals surface area (Å²) in [7, 11) is 1.67. The Morgan fingerprint density at radius 3 is 2.40 bits per heavy atom. The Morgan fingerprint density at radius 2 is 1.74 bits per heavy atom. The zero-order chi connectivity index (χ0) is 32.7. The molecule has 2 amide bonds. The average molecular weight is 644 g/mol. The molecule has 4 aliphatic rings. The van der Waals surface area contributed by atoms with Gasteiger partial charge in [0.25, 0.3) is 0 Å². The number of aryl methyl sites for hydroxylation is 1. The van der Waals surface area contributed by atoms with Crippen molar-refractivity contribution in [2.45, 2.75) is 95.1 Å². The number of oxazole rings is 1. The molecule has 1 saturated heterocycles. The van der Waals surface area contributed by atoms with E-state index in [4.69, 9.17) is 24.1 Å². The van der Waals surface area contributed by atoms with Crippen LogP contribution in [0.1, 0.15) is 93.3 Å². The monoisotopic (exact) mass is 643 g/mol. The van der Waals surface area contributed by atoms with Gasteiger partial charge in [0.15, 0.2) is 5.89 Å². The van der Waals surface area contributed by atoms with E-state index in [1.165, 1.54) is 4.90 Å². The lowest BCUT2D eigenvalue weighted by atomic mass is 9.73. The summed E-state index contributed by atoms with van der Waals surface area (Å²) in [6.45, 7) is 2.74. The molecule has 0 radical (unpaired) electrons. The Hall–Kier alpha value is -3.99. The molecular formula is C36H45N5O6. The maximum absolute atomic E-state index is 14.4. The number of amides is 2. The first kappa shape index (κ1) is 31.6. The Morgan fingerprint density at radius 1 is 1.00 bits per heavy atom. The van der Waals surface area contributed by atoms with E-state index in [-0.39, 0.29) is 30.3 Å². The highest BCUT2D eigenvalue weighted by Crippen LogP contribution is 2.42. The summed E-state index contributed by atoms with van der Waals surface area (Å²) in [5.74, 6) is 3.30. The van der Waals surface area contributed by atoms with Gasteiger partial charge in [-0.05, 0) is 107 Å². The van der Waals surface area contributed by atoms with Gasteiger partial charge in [0, 0.05) is 41.8 Å². The molecule has 2 N–H and O–H groups in total. The van der Waals surface area contributed by atoms with Crippen molar-refractivity contribution in [1.29, 1.82) is 0 Å². The molecule has 7 rings (SSSR count). The van der Waals surface area contributed by atoms with Gasteiger partial charge >= 0.3 is 6.09 Å². The number of likely N-dealkylation sites (tertiary alicyclic amines) is 1. The van der Waals surface area contributed by atoms with Gasteiger partial charge in [-0.2, -0.15) is 0 Å². The number of anilines is 1. The number of ether oxygens (including phenoxy) is 1. The minimum absolute atomic E-state index is 0.0621. The number of hydrogen-bond donors (Lipinski definition) is 2. The van der Waals surface area contributed by atoms with Crippen LogP contribution in [0.25, 0.3) is 11.3 Å². The van der Waals surface area contributed by atoms with Gasteiger partial charge in [0.1, 0.15) is 23.5 Å². The summed E-state index contributed by atoms with van der Waals surface area (Å²) in [6.07, 6.45) is 10.8. The molecule has 3 aliphatic carbocycles.